The minimum Gasteiger partial charge on any atom is -0.355 e. The maximum absolute atomic E-state index is 11.4. The van der Waals surface area contributed by atoms with E-state index in [-0.39, 0.29) is 29.7 Å². The lowest BCUT2D eigenvalue weighted by molar-refractivity contribution is 0.249. The van der Waals surface area contributed by atoms with Gasteiger partial charge in [-0.25, -0.2) is 13.1 Å². The molecule has 0 bridgehead atoms. The van der Waals surface area contributed by atoms with Crippen molar-refractivity contribution in [3.05, 3.63) is 22.4 Å². The van der Waals surface area contributed by atoms with Gasteiger partial charge >= 0.3 is 0 Å². The topological polar surface area (TPSA) is 85.8 Å². The molecule has 7 nitrogen and oxygen atoms in total. The third kappa shape index (κ3) is 7.67. The molecule has 3 N–H and O–H groups in total. The Balaban J connectivity index is 0.00000338. The van der Waals surface area contributed by atoms with E-state index in [2.05, 4.69) is 42.8 Å². The summed E-state index contributed by atoms with van der Waals surface area (Å²) in [6.07, 6.45) is 2.51. The number of aliphatic imine (C=N–C) groups is 1. The second-order valence-corrected chi connectivity index (χ2v) is 9.03. The van der Waals surface area contributed by atoms with Crippen molar-refractivity contribution < 1.29 is 8.42 Å². The van der Waals surface area contributed by atoms with Crippen LogP contribution in [0.4, 0.5) is 0 Å². The van der Waals surface area contributed by atoms with Gasteiger partial charge in [0.05, 0.1) is 11.8 Å². The monoisotopic (exact) mass is 515 g/mol. The lowest BCUT2D eigenvalue weighted by atomic mass is 10.2. The molecule has 0 aromatic carbocycles. The summed E-state index contributed by atoms with van der Waals surface area (Å²) in [4.78, 5) is 8.10. The Kier molecular flexibility index (Phi) is 11.0. The lowest BCUT2D eigenvalue weighted by Crippen LogP contribution is -2.44. The number of nitrogens with one attached hydrogen (secondary N) is 3. The first-order valence-corrected chi connectivity index (χ1v) is 11.3. The minimum atomic E-state index is -3.15. The lowest BCUT2D eigenvalue weighted by Gasteiger charge is -2.27. The Hall–Kier alpha value is -0.430. The SMILES string of the molecule is CCS(=O)(=O)NCCNC(=NC)NCC(c1cccs1)N1CCCC1.I. The highest BCUT2D eigenvalue weighted by molar-refractivity contribution is 14.0. The highest BCUT2D eigenvalue weighted by Gasteiger charge is 2.24. The van der Waals surface area contributed by atoms with Crippen molar-refractivity contribution in [2.75, 3.05) is 45.5 Å². The third-order valence-electron chi connectivity index (χ3n) is 4.26. The number of hydrogen-bond donors (Lipinski definition) is 3. The summed E-state index contributed by atoms with van der Waals surface area (Å²) in [5, 5.41) is 8.64. The van der Waals surface area contributed by atoms with E-state index in [1.807, 2.05) is 0 Å². The molecule has 1 unspecified atom stereocenters. The number of likely N-dealkylation sites (tertiary alicyclic amines) is 1. The number of rotatable bonds is 9. The highest BCUT2D eigenvalue weighted by atomic mass is 127. The Morgan fingerprint density at radius 3 is 2.62 bits per heavy atom. The molecule has 0 radical (unpaired) electrons. The van der Waals surface area contributed by atoms with Crippen molar-refractivity contribution in [3.63, 3.8) is 0 Å². The first-order chi connectivity index (χ1) is 12.1. The van der Waals surface area contributed by atoms with Gasteiger partial charge in [-0.05, 0) is 44.3 Å². The average Bonchev–Trinajstić information content (AvgIpc) is 3.31. The number of hydrogen-bond acceptors (Lipinski definition) is 5. The van der Waals surface area contributed by atoms with Crippen LogP contribution < -0.4 is 15.4 Å². The molecule has 1 aromatic rings. The Labute approximate surface area is 178 Å². The summed E-state index contributed by atoms with van der Waals surface area (Å²) in [6.45, 7) is 5.51. The van der Waals surface area contributed by atoms with Crippen LogP contribution in [-0.2, 0) is 10.0 Å². The van der Waals surface area contributed by atoms with Crippen molar-refractivity contribution in [2.24, 2.45) is 4.99 Å². The van der Waals surface area contributed by atoms with Crippen LogP contribution in [0, 0.1) is 0 Å². The van der Waals surface area contributed by atoms with Gasteiger partial charge in [0.15, 0.2) is 5.96 Å². The maximum Gasteiger partial charge on any atom is 0.211 e. The molecule has 26 heavy (non-hydrogen) atoms. The first-order valence-electron chi connectivity index (χ1n) is 8.75. The standard InChI is InChI=1S/C16H29N5O2S2.HI/c1-3-25(22,23)20-9-8-18-16(17-2)19-13-14(15-7-6-12-24-15)21-10-4-5-11-21;/h6-7,12,14,20H,3-5,8-11,13H2,1-2H3,(H2,17,18,19);1H. The molecule has 0 amide bonds. The van der Waals surface area contributed by atoms with E-state index in [1.54, 1.807) is 25.3 Å². The summed E-state index contributed by atoms with van der Waals surface area (Å²) < 4.78 is 25.4. The van der Waals surface area contributed by atoms with Crippen molar-refractivity contribution >= 4 is 51.3 Å². The van der Waals surface area contributed by atoms with Crippen molar-refractivity contribution in [3.8, 4) is 0 Å². The van der Waals surface area contributed by atoms with Crippen LogP contribution in [-0.4, -0.2) is 64.8 Å². The van der Waals surface area contributed by atoms with Gasteiger partial charge in [-0.2, -0.15) is 0 Å². The van der Waals surface area contributed by atoms with Gasteiger partial charge in [-0.1, -0.05) is 6.07 Å². The number of sulfonamides is 1. The number of halogens is 1. The summed E-state index contributed by atoms with van der Waals surface area (Å²) >= 11 is 1.79. The van der Waals surface area contributed by atoms with E-state index in [9.17, 15) is 8.42 Å². The van der Waals surface area contributed by atoms with Gasteiger partial charge in [0, 0.05) is 31.6 Å². The zero-order chi connectivity index (χ0) is 18.1. The van der Waals surface area contributed by atoms with Crippen molar-refractivity contribution in [1.82, 2.24) is 20.3 Å². The first kappa shape index (κ1) is 23.6. The summed E-state index contributed by atoms with van der Waals surface area (Å²) in [7, 11) is -1.42. The van der Waals surface area contributed by atoms with Gasteiger partial charge in [0.2, 0.25) is 10.0 Å². The molecule has 10 heteroatoms. The van der Waals surface area contributed by atoms with Gasteiger partial charge in [-0.15, -0.1) is 35.3 Å². The Morgan fingerprint density at radius 1 is 1.31 bits per heavy atom. The van der Waals surface area contributed by atoms with Crippen LogP contribution in [0.15, 0.2) is 22.5 Å². The molecule has 0 saturated carbocycles. The zero-order valence-electron chi connectivity index (χ0n) is 15.4. The predicted molar refractivity (Wildman–Crippen MR) is 120 cm³/mol. The summed E-state index contributed by atoms with van der Waals surface area (Å²) in [5.74, 6) is 0.787. The molecule has 2 heterocycles. The molecule has 150 valence electrons. The van der Waals surface area contributed by atoms with E-state index < -0.39 is 10.0 Å². The van der Waals surface area contributed by atoms with Crippen LogP contribution in [0.2, 0.25) is 0 Å². The predicted octanol–water partition coefficient (Wildman–Crippen LogP) is 1.61. The number of guanidine groups is 1. The van der Waals surface area contributed by atoms with Crippen molar-refractivity contribution in [2.45, 2.75) is 25.8 Å². The highest BCUT2D eigenvalue weighted by Crippen LogP contribution is 2.27. The fourth-order valence-corrected chi connectivity index (χ4v) is 4.33. The van der Waals surface area contributed by atoms with Gasteiger partial charge in [-0.3, -0.25) is 9.89 Å². The fraction of sp³-hybridized carbons (Fsp3) is 0.688. The molecule has 1 fully saturated rings. The number of thiophene rings is 1. The molecule has 1 aliphatic heterocycles. The van der Waals surface area contributed by atoms with Crippen LogP contribution in [0.5, 0.6) is 0 Å². The van der Waals surface area contributed by atoms with E-state index in [0.29, 0.717) is 25.1 Å². The normalized spacial score (nSPS) is 16.9. The van der Waals surface area contributed by atoms with Crippen LogP contribution in [0.3, 0.4) is 0 Å². The molecule has 0 spiro atoms. The number of nitrogens with zero attached hydrogens (tertiary/aromatic N) is 2. The molecule has 2 rings (SSSR count). The summed E-state index contributed by atoms with van der Waals surface area (Å²) in [6, 6.07) is 4.63. The maximum atomic E-state index is 11.4. The second-order valence-electron chi connectivity index (χ2n) is 5.95. The van der Waals surface area contributed by atoms with E-state index in [4.69, 9.17) is 0 Å². The van der Waals surface area contributed by atoms with Gasteiger partial charge < -0.3 is 10.6 Å². The Bertz CT molecular complexity index is 631. The largest absolute Gasteiger partial charge is 0.355 e. The minimum absolute atomic E-state index is 0. The second kappa shape index (κ2) is 12.1. The molecule has 1 atom stereocenters. The molecule has 1 saturated heterocycles. The quantitative estimate of drug-likeness (QED) is 0.202. The van der Waals surface area contributed by atoms with E-state index >= 15 is 0 Å². The molecular formula is C16H30IN5O2S2. The third-order valence-corrected chi connectivity index (χ3v) is 6.64. The smallest absolute Gasteiger partial charge is 0.211 e. The van der Waals surface area contributed by atoms with Crippen molar-refractivity contribution in [1.29, 1.82) is 0 Å². The average molecular weight is 515 g/mol. The fourth-order valence-electron chi connectivity index (χ4n) is 2.85. The molecule has 0 aliphatic carbocycles. The molecule has 1 aliphatic rings. The van der Waals surface area contributed by atoms with Crippen LogP contribution >= 0.6 is 35.3 Å². The van der Waals surface area contributed by atoms with Gasteiger partial charge in [0.25, 0.3) is 0 Å². The molecule has 1 aromatic heterocycles. The summed E-state index contributed by atoms with van der Waals surface area (Å²) in [5.41, 5.74) is 0. The Morgan fingerprint density at radius 2 is 2.04 bits per heavy atom. The van der Waals surface area contributed by atoms with Crippen LogP contribution in [0.25, 0.3) is 0 Å². The van der Waals surface area contributed by atoms with E-state index in [1.165, 1.54) is 17.7 Å². The molecular weight excluding hydrogens is 485 g/mol. The zero-order valence-corrected chi connectivity index (χ0v) is 19.4. The van der Waals surface area contributed by atoms with E-state index in [0.717, 1.165) is 19.6 Å². The van der Waals surface area contributed by atoms with Crippen LogP contribution in [0.1, 0.15) is 30.7 Å². The van der Waals surface area contributed by atoms with Gasteiger partial charge in [0.1, 0.15) is 0 Å².